The molecule has 2 aliphatic rings. The maximum Gasteiger partial charge on any atom is 0.305 e. The van der Waals surface area contributed by atoms with Crippen LogP contribution in [-0.4, -0.2) is 71.9 Å². The Kier molecular flexibility index (Phi) is 8.58. The lowest BCUT2D eigenvalue weighted by molar-refractivity contribution is -0.141. The minimum atomic E-state index is -1.28. The number of carbonyl (C=O) groups excluding carboxylic acids is 4. The van der Waals surface area contributed by atoms with Crippen LogP contribution in [0.3, 0.4) is 0 Å². The molecule has 1 aliphatic carbocycles. The average Bonchev–Trinajstić information content (AvgIpc) is 3.15. The first-order valence-corrected chi connectivity index (χ1v) is 10.1. The lowest BCUT2D eigenvalue weighted by Crippen LogP contribution is -2.54. The molecule has 2 rings (SSSR count). The van der Waals surface area contributed by atoms with Gasteiger partial charge in [0.25, 0.3) is 0 Å². The quantitative estimate of drug-likeness (QED) is 0.127. The van der Waals surface area contributed by atoms with Gasteiger partial charge in [-0.05, 0) is 32.1 Å². The molecule has 13 nitrogen and oxygen atoms in total. The summed E-state index contributed by atoms with van der Waals surface area (Å²) in [4.78, 5) is 64.8. The number of rotatable bonds is 6. The van der Waals surface area contributed by atoms with Crippen LogP contribution in [0.25, 0.3) is 0 Å². The Morgan fingerprint density at radius 1 is 1.00 bits per heavy atom. The Labute approximate surface area is 178 Å². The number of nitrogens with two attached hydrogens (primary N) is 2. The van der Waals surface area contributed by atoms with E-state index in [0.717, 1.165) is 0 Å². The number of aliphatic carboxylic acids is 1. The van der Waals surface area contributed by atoms with E-state index >= 15 is 0 Å². The molecule has 13 heteroatoms. The van der Waals surface area contributed by atoms with Gasteiger partial charge in [-0.2, -0.15) is 0 Å². The summed E-state index contributed by atoms with van der Waals surface area (Å²) in [5, 5.41) is 19.2. The summed E-state index contributed by atoms with van der Waals surface area (Å²) < 4.78 is 0. The fourth-order valence-corrected chi connectivity index (χ4v) is 3.63. The fourth-order valence-electron chi connectivity index (χ4n) is 3.63. The topological polar surface area (TPSA) is 218 Å². The van der Waals surface area contributed by atoms with Crippen LogP contribution in [0.4, 0.5) is 0 Å². The van der Waals surface area contributed by atoms with Crippen molar-refractivity contribution in [1.82, 2.24) is 21.3 Å². The van der Waals surface area contributed by atoms with Crippen molar-refractivity contribution in [3.8, 4) is 0 Å². The Bertz CT molecular complexity index is 752. The summed E-state index contributed by atoms with van der Waals surface area (Å²) >= 11 is 0. The zero-order valence-corrected chi connectivity index (χ0v) is 17.1. The number of aliphatic imine (C=N–C) groups is 1. The number of carboxylic acids is 1. The largest absolute Gasteiger partial charge is 0.481 e. The Morgan fingerprint density at radius 2 is 1.74 bits per heavy atom. The molecule has 1 aliphatic heterocycles. The molecule has 0 aromatic carbocycles. The van der Waals surface area contributed by atoms with Gasteiger partial charge in [0, 0.05) is 18.5 Å². The first-order chi connectivity index (χ1) is 14.7. The van der Waals surface area contributed by atoms with Gasteiger partial charge in [0.2, 0.25) is 23.6 Å². The van der Waals surface area contributed by atoms with Crippen molar-refractivity contribution in [2.75, 3.05) is 13.1 Å². The molecule has 1 saturated carbocycles. The predicted octanol–water partition coefficient (Wildman–Crippen LogP) is -3.10. The van der Waals surface area contributed by atoms with E-state index in [0.29, 0.717) is 25.7 Å². The summed E-state index contributed by atoms with van der Waals surface area (Å²) in [6.07, 6.45) is 1.47. The van der Waals surface area contributed by atoms with Gasteiger partial charge in [-0.25, -0.2) is 0 Å². The third-order valence-electron chi connectivity index (χ3n) is 5.18. The van der Waals surface area contributed by atoms with E-state index < -0.39 is 54.7 Å². The van der Waals surface area contributed by atoms with Crippen molar-refractivity contribution in [2.45, 2.75) is 56.7 Å². The highest BCUT2D eigenvalue weighted by Crippen LogP contribution is 2.26. The van der Waals surface area contributed by atoms with Crippen LogP contribution in [-0.2, 0) is 24.0 Å². The summed E-state index contributed by atoms with van der Waals surface area (Å²) in [5.74, 6) is -3.97. The lowest BCUT2D eigenvalue weighted by Gasteiger charge is -2.23. The van der Waals surface area contributed by atoms with Gasteiger partial charge in [-0.3, -0.25) is 29.0 Å². The molecule has 31 heavy (non-hydrogen) atoms. The maximum absolute atomic E-state index is 12.7. The zero-order chi connectivity index (χ0) is 23.0. The van der Waals surface area contributed by atoms with E-state index in [-0.39, 0.29) is 30.9 Å². The number of hydrogen-bond donors (Lipinski definition) is 7. The number of nitrogens with one attached hydrogen (secondary N) is 4. The summed E-state index contributed by atoms with van der Waals surface area (Å²) in [5.41, 5.74) is 10.6. The summed E-state index contributed by atoms with van der Waals surface area (Å²) in [6.45, 7) is -0.202. The van der Waals surface area contributed by atoms with Crippen LogP contribution < -0.4 is 32.7 Å². The van der Waals surface area contributed by atoms with Gasteiger partial charge >= 0.3 is 5.97 Å². The molecule has 0 aromatic rings. The fraction of sp³-hybridized carbons (Fsp3) is 0.667. The number of fused-ring (bicyclic) bond motifs is 2. The molecule has 0 aromatic heterocycles. The molecular formula is C18H29N7O6. The molecule has 2 fully saturated rings. The predicted molar refractivity (Wildman–Crippen MR) is 108 cm³/mol. The third kappa shape index (κ3) is 7.75. The first-order valence-electron chi connectivity index (χ1n) is 10.1. The standard InChI is InChI=1S/C18H29N7O6/c19-18(20)21-5-1-2-11-16(30)22-8-13(26)24-12(7-14(27)28)17(31)23-10-4-3-9(6-10)15(29)25-11/h9-12H,1-8H2,(H,22,30)(H,23,31)(H,24,26)(H,25,29)(H,27,28)(H4,19,20,21)/t9-,10-,11+,12-/m1/s1. The van der Waals surface area contributed by atoms with E-state index in [4.69, 9.17) is 16.6 Å². The van der Waals surface area contributed by atoms with E-state index in [2.05, 4.69) is 26.3 Å². The molecule has 0 unspecified atom stereocenters. The second-order valence-corrected chi connectivity index (χ2v) is 7.66. The Morgan fingerprint density at radius 3 is 2.42 bits per heavy atom. The van der Waals surface area contributed by atoms with Crippen molar-refractivity contribution < 1.29 is 29.1 Å². The van der Waals surface area contributed by atoms with Gasteiger partial charge < -0.3 is 37.8 Å². The zero-order valence-electron chi connectivity index (χ0n) is 17.1. The van der Waals surface area contributed by atoms with Gasteiger partial charge in [0.1, 0.15) is 12.1 Å². The molecule has 0 radical (unpaired) electrons. The molecule has 9 N–H and O–H groups in total. The molecule has 4 atom stereocenters. The molecule has 1 saturated heterocycles. The maximum atomic E-state index is 12.7. The highest BCUT2D eigenvalue weighted by atomic mass is 16.4. The smallest absolute Gasteiger partial charge is 0.305 e. The minimum absolute atomic E-state index is 0.0777. The SMILES string of the molecule is NC(N)=NCCC[C@@H]1NC(=O)[C@@H]2CC[C@H](C2)NC(=O)[C@@H](CC(=O)O)NC(=O)CNC1=O. The van der Waals surface area contributed by atoms with Gasteiger partial charge in [0.05, 0.1) is 13.0 Å². The number of carbonyl (C=O) groups is 5. The molecule has 0 spiro atoms. The molecule has 4 amide bonds. The summed E-state index contributed by atoms with van der Waals surface area (Å²) in [6, 6.07) is -2.50. The molecular weight excluding hydrogens is 410 g/mol. The highest BCUT2D eigenvalue weighted by Gasteiger charge is 2.35. The number of guanidine groups is 1. The number of amides is 4. The van der Waals surface area contributed by atoms with Crippen LogP contribution in [0.1, 0.15) is 38.5 Å². The Hall–Kier alpha value is -3.38. The van der Waals surface area contributed by atoms with E-state index in [1.54, 1.807) is 0 Å². The van der Waals surface area contributed by atoms with E-state index in [1.165, 1.54) is 0 Å². The minimum Gasteiger partial charge on any atom is -0.481 e. The molecule has 1 heterocycles. The average molecular weight is 439 g/mol. The van der Waals surface area contributed by atoms with Crippen LogP contribution in [0.5, 0.6) is 0 Å². The van der Waals surface area contributed by atoms with Crippen LogP contribution in [0.2, 0.25) is 0 Å². The second-order valence-electron chi connectivity index (χ2n) is 7.66. The number of nitrogens with zero attached hydrogens (tertiary/aromatic N) is 1. The normalized spacial score (nSPS) is 27.2. The van der Waals surface area contributed by atoms with Gasteiger partial charge in [-0.1, -0.05) is 0 Å². The first kappa shape index (κ1) is 23.9. The second kappa shape index (κ2) is 11.1. The van der Waals surface area contributed by atoms with Crippen molar-refractivity contribution in [1.29, 1.82) is 0 Å². The Balaban J connectivity index is 2.13. The van der Waals surface area contributed by atoms with Crippen LogP contribution >= 0.6 is 0 Å². The van der Waals surface area contributed by atoms with E-state index in [1.807, 2.05) is 0 Å². The van der Waals surface area contributed by atoms with Crippen molar-refractivity contribution in [2.24, 2.45) is 22.4 Å². The van der Waals surface area contributed by atoms with E-state index in [9.17, 15) is 24.0 Å². The summed E-state index contributed by atoms with van der Waals surface area (Å²) in [7, 11) is 0. The van der Waals surface area contributed by atoms with Crippen molar-refractivity contribution in [3.63, 3.8) is 0 Å². The molecule has 2 bridgehead atoms. The number of hydrogen-bond acceptors (Lipinski definition) is 6. The highest BCUT2D eigenvalue weighted by molar-refractivity contribution is 5.94. The number of carboxylic acid groups (broad SMARTS) is 1. The van der Waals surface area contributed by atoms with Crippen LogP contribution in [0, 0.1) is 5.92 Å². The third-order valence-corrected chi connectivity index (χ3v) is 5.18. The van der Waals surface area contributed by atoms with Crippen molar-refractivity contribution >= 4 is 35.6 Å². The monoisotopic (exact) mass is 439 g/mol. The van der Waals surface area contributed by atoms with Crippen molar-refractivity contribution in [3.05, 3.63) is 0 Å². The van der Waals surface area contributed by atoms with Crippen LogP contribution in [0.15, 0.2) is 4.99 Å². The molecule has 172 valence electrons. The lowest BCUT2D eigenvalue weighted by atomic mass is 10.0. The van der Waals surface area contributed by atoms with Gasteiger partial charge in [-0.15, -0.1) is 0 Å². The van der Waals surface area contributed by atoms with Gasteiger partial charge in [0.15, 0.2) is 5.96 Å².